The number of nitrogen functional groups attached to an aromatic ring is 1. The Morgan fingerprint density at radius 2 is 1.81 bits per heavy atom. The molecule has 8 heteroatoms. The number of nitrogens with one attached hydrogen (secondary N) is 1. The quantitative estimate of drug-likeness (QED) is 0.735. The molecule has 2 aromatic rings. The Kier molecular flexibility index (Phi) is 4.72. The van der Waals surface area contributed by atoms with E-state index in [-0.39, 0.29) is 20.1 Å². The Morgan fingerprint density at radius 1 is 1.14 bits per heavy atom. The molecule has 0 spiro atoms. The Hall–Kier alpha value is -0.950. The molecule has 0 aliphatic heterocycles. The van der Waals surface area contributed by atoms with Gasteiger partial charge < -0.3 is 5.73 Å². The lowest BCUT2D eigenvalue weighted by molar-refractivity contribution is 0.601. The summed E-state index contributed by atoms with van der Waals surface area (Å²) in [5.41, 5.74) is 7.10. The average Bonchev–Trinajstić information content (AvgIpc) is 2.37. The second kappa shape index (κ2) is 6.04. The Labute approximate surface area is 141 Å². The summed E-state index contributed by atoms with van der Waals surface area (Å²) in [6.07, 6.45) is 0. The molecule has 0 heterocycles. The van der Waals surface area contributed by atoms with Gasteiger partial charge in [0.1, 0.15) is 4.90 Å². The van der Waals surface area contributed by atoms with E-state index in [9.17, 15) is 8.42 Å². The average molecular weight is 410 g/mol. The third-order valence-corrected chi connectivity index (χ3v) is 5.76. The molecular weight excluding hydrogens is 399 g/mol. The second-order valence-electron chi connectivity index (χ2n) is 4.37. The van der Waals surface area contributed by atoms with Gasteiger partial charge in [0.05, 0.1) is 10.2 Å². The zero-order chi connectivity index (χ0) is 15.8. The van der Waals surface area contributed by atoms with Crippen molar-refractivity contribution in [3.05, 3.63) is 50.4 Å². The summed E-state index contributed by atoms with van der Waals surface area (Å²) in [5.74, 6) is 0. The number of nitrogens with two attached hydrogens (primary N) is 1. The van der Waals surface area contributed by atoms with Gasteiger partial charge in [0.15, 0.2) is 0 Å². The number of benzene rings is 2. The maximum Gasteiger partial charge on any atom is 0.263 e. The fourth-order valence-electron chi connectivity index (χ4n) is 1.68. The highest BCUT2D eigenvalue weighted by atomic mass is 79.9. The molecular formula is C13H11BrCl2N2O2S. The molecule has 0 aliphatic rings. The van der Waals surface area contributed by atoms with Crippen molar-refractivity contribution in [2.75, 3.05) is 10.5 Å². The van der Waals surface area contributed by atoms with Gasteiger partial charge in [-0.2, -0.15) is 0 Å². The molecule has 0 unspecified atom stereocenters. The second-order valence-corrected chi connectivity index (χ2v) is 7.69. The van der Waals surface area contributed by atoms with Gasteiger partial charge in [0, 0.05) is 15.7 Å². The van der Waals surface area contributed by atoms with E-state index in [2.05, 4.69) is 20.7 Å². The molecule has 0 saturated carbocycles. The number of hydrogen-bond donors (Lipinski definition) is 2. The van der Waals surface area contributed by atoms with Crippen LogP contribution in [0.3, 0.4) is 0 Å². The van der Waals surface area contributed by atoms with Gasteiger partial charge in [-0.25, -0.2) is 8.42 Å². The van der Waals surface area contributed by atoms with E-state index in [1.54, 1.807) is 19.1 Å². The molecule has 3 N–H and O–H groups in total. The van der Waals surface area contributed by atoms with Crippen LogP contribution in [-0.4, -0.2) is 8.42 Å². The van der Waals surface area contributed by atoms with E-state index in [1.165, 1.54) is 18.2 Å². The Balaban J connectivity index is 2.51. The molecule has 0 saturated heterocycles. The molecule has 4 nitrogen and oxygen atoms in total. The summed E-state index contributed by atoms with van der Waals surface area (Å²) in [5, 5.41) is 0.668. The van der Waals surface area contributed by atoms with E-state index in [4.69, 9.17) is 28.9 Å². The molecule has 0 amide bonds. The largest absolute Gasteiger partial charge is 0.398 e. The predicted octanol–water partition coefficient (Wildman–Crippen LogP) is 4.45. The molecule has 0 aliphatic carbocycles. The predicted molar refractivity (Wildman–Crippen MR) is 90.6 cm³/mol. The zero-order valence-corrected chi connectivity index (χ0v) is 14.7. The zero-order valence-electron chi connectivity index (χ0n) is 10.8. The van der Waals surface area contributed by atoms with E-state index in [1.807, 2.05) is 0 Å². The van der Waals surface area contributed by atoms with E-state index in [0.717, 1.165) is 5.56 Å². The van der Waals surface area contributed by atoms with Crippen LogP contribution in [0.2, 0.25) is 10.0 Å². The van der Waals surface area contributed by atoms with Crippen molar-refractivity contribution in [3.8, 4) is 0 Å². The standard InChI is InChI=1S/C13H11BrCl2N2O2S/c1-7-2-3-8(15)5-11(7)18-21(19,20)12-6-9(16)4-10(17)13(12)14/h2-6,18H,17H2,1H3. The molecule has 0 radical (unpaired) electrons. The molecule has 21 heavy (non-hydrogen) atoms. The van der Waals surface area contributed by atoms with Crippen LogP contribution in [0.5, 0.6) is 0 Å². The third-order valence-electron chi connectivity index (χ3n) is 2.77. The van der Waals surface area contributed by atoms with Gasteiger partial charge in [-0.05, 0) is 52.7 Å². The number of anilines is 2. The lowest BCUT2D eigenvalue weighted by atomic mass is 10.2. The van der Waals surface area contributed by atoms with Crippen molar-refractivity contribution in [2.24, 2.45) is 0 Å². The van der Waals surface area contributed by atoms with Crippen molar-refractivity contribution >= 4 is 60.5 Å². The first-order valence-electron chi connectivity index (χ1n) is 5.74. The summed E-state index contributed by atoms with van der Waals surface area (Å²) in [6, 6.07) is 7.74. The minimum absolute atomic E-state index is 0.0353. The highest BCUT2D eigenvalue weighted by Crippen LogP contribution is 2.33. The summed E-state index contributed by atoms with van der Waals surface area (Å²) in [6.45, 7) is 1.77. The lowest BCUT2D eigenvalue weighted by Crippen LogP contribution is -2.15. The number of hydrogen-bond acceptors (Lipinski definition) is 3. The third kappa shape index (κ3) is 3.63. The number of aryl methyl sites for hydroxylation is 1. The summed E-state index contributed by atoms with van der Waals surface area (Å²) < 4.78 is 27.7. The monoisotopic (exact) mass is 408 g/mol. The van der Waals surface area contributed by atoms with Crippen LogP contribution in [0, 0.1) is 6.92 Å². The van der Waals surface area contributed by atoms with Crippen molar-refractivity contribution in [1.29, 1.82) is 0 Å². The SMILES string of the molecule is Cc1ccc(Cl)cc1NS(=O)(=O)c1cc(Cl)cc(N)c1Br. The van der Waals surface area contributed by atoms with Crippen LogP contribution in [-0.2, 0) is 10.0 Å². The van der Waals surface area contributed by atoms with Gasteiger partial charge in [-0.15, -0.1) is 0 Å². The maximum atomic E-state index is 12.5. The van der Waals surface area contributed by atoms with Gasteiger partial charge >= 0.3 is 0 Å². The van der Waals surface area contributed by atoms with Crippen LogP contribution in [0.15, 0.2) is 39.7 Å². The lowest BCUT2D eigenvalue weighted by Gasteiger charge is -2.13. The van der Waals surface area contributed by atoms with E-state index < -0.39 is 10.0 Å². The van der Waals surface area contributed by atoms with Crippen LogP contribution in [0.1, 0.15) is 5.56 Å². The minimum atomic E-state index is -3.85. The molecule has 0 bridgehead atoms. The fourth-order valence-corrected chi connectivity index (χ4v) is 4.27. The van der Waals surface area contributed by atoms with Crippen molar-refractivity contribution in [1.82, 2.24) is 0 Å². The maximum absolute atomic E-state index is 12.5. The van der Waals surface area contributed by atoms with Crippen molar-refractivity contribution in [3.63, 3.8) is 0 Å². The molecule has 0 aromatic heterocycles. The smallest absolute Gasteiger partial charge is 0.263 e. The van der Waals surface area contributed by atoms with Gasteiger partial charge in [0.25, 0.3) is 10.0 Å². The van der Waals surface area contributed by atoms with Crippen LogP contribution >= 0.6 is 39.1 Å². The molecule has 2 aromatic carbocycles. The highest BCUT2D eigenvalue weighted by molar-refractivity contribution is 9.10. The summed E-state index contributed by atoms with van der Waals surface area (Å²) in [4.78, 5) is -0.0353. The van der Waals surface area contributed by atoms with E-state index >= 15 is 0 Å². The first-order chi connectivity index (χ1) is 9.70. The van der Waals surface area contributed by atoms with Crippen LogP contribution in [0.25, 0.3) is 0 Å². The minimum Gasteiger partial charge on any atom is -0.398 e. The normalized spacial score (nSPS) is 11.4. The van der Waals surface area contributed by atoms with E-state index in [0.29, 0.717) is 10.7 Å². The molecule has 0 atom stereocenters. The highest BCUT2D eigenvalue weighted by Gasteiger charge is 2.21. The van der Waals surface area contributed by atoms with Crippen LogP contribution < -0.4 is 10.5 Å². The van der Waals surface area contributed by atoms with Gasteiger partial charge in [-0.1, -0.05) is 29.3 Å². The van der Waals surface area contributed by atoms with Crippen molar-refractivity contribution in [2.45, 2.75) is 11.8 Å². The summed E-state index contributed by atoms with van der Waals surface area (Å²) in [7, 11) is -3.85. The number of sulfonamides is 1. The number of rotatable bonds is 3. The summed E-state index contributed by atoms with van der Waals surface area (Å²) >= 11 is 14.9. The van der Waals surface area contributed by atoms with Gasteiger partial charge in [0.2, 0.25) is 0 Å². The Morgan fingerprint density at radius 3 is 2.48 bits per heavy atom. The first kappa shape index (κ1) is 16.4. The Bertz CT molecular complexity index is 810. The molecule has 0 fully saturated rings. The van der Waals surface area contributed by atoms with Crippen LogP contribution in [0.4, 0.5) is 11.4 Å². The van der Waals surface area contributed by atoms with Gasteiger partial charge in [-0.3, -0.25) is 4.72 Å². The topological polar surface area (TPSA) is 72.2 Å². The fraction of sp³-hybridized carbons (Fsp3) is 0.0769. The number of halogens is 3. The first-order valence-corrected chi connectivity index (χ1v) is 8.77. The molecule has 2 rings (SSSR count). The molecule has 112 valence electrons. The van der Waals surface area contributed by atoms with Crippen molar-refractivity contribution < 1.29 is 8.42 Å².